The van der Waals surface area contributed by atoms with Gasteiger partial charge in [0.1, 0.15) is 0 Å². The van der Waals surface area contributed by atoms with Crippen molar-refractivity contribution in [1.29, 1.82) is 0 Å². The fraction of sp³-hybridized carbons (Fsp3) is 0.600. The Hall–Kier alpha value is -1.62. The highest BCUT2D eigenvalue weighted by molar-refractivity contribution is 5.77. The Morgan fingerprint density at radius 2 is 2.10 bits per heavy atom. The van der Waals surface area contributed by atoms with Crippen molar-refractivity contribution in [2.45, 2.75) is 26.8 Å². The number of hydrogen-bond acceptors (Lipinski definition) is 4. The van der Waals surface area contributed by atoms with Crippen LogP contribution in [-0.4, -0.2) is 54.4 Å². The third kappa shape index (κ3) is 5.57. The van der Waals surface area contributed by atoms with E-state index < -0.39 is 0 Å². The third-order valence-electron chi connectivity index (χ3n) is 2.98. The van der Waals surface area contributed by atoms with Gasteiger partial charge in [-0.05, 0) is 32.0 Å². The Bertz CT molecular complexity index is 420. The van der Waals surface area contributed by atoms with Gasteiger partial charge in [0.25, 0.3) is 0 Å². The number of anilines is 1. The number of pyridine rings is 1. The average molecular weight is 278 g/mol. The third-order valence-corrected chi connectivity index (χ3v) is 2.98. The summed E-state index contributed by atoms with van der Waals surface area (Å²) in [7, 11) is 3.58. The molecule has 0 aliphatic heterocycles. The summed E-state index contributed by atoms with van der Waals surface area (Å²) in [5.74, 6) is 0.126. The van der Waals surface area contributed by atoms with Crippen LogP contribution in [-0.2, 0) is 11.3 Å². The number of nitrogens with one attached hydrogen (secondary N) is 1. The molecule has 0 aromatic carbocycles. The quantitative estimate of drug-likeness (QED) is 0.788. The molecule has 0 saturated heterocycles. The van der Waals surface area contributed by atoms with Gasteiger partial charge in [0.15, 0.2) is 0 Å². The number of carbonyl (C=O) groups excluding carboxylic acids is 1. The first-order chi connectivity index (χ1) is 9.56. The Morgan fingerprint density at radius 3 is 2.70 bits per heavy atom. The number of likely N-dealkylation sites (N-methyl/N-ethyl adjacent to an activating group) is 1. The molecular weight excluding hydrogens is 252 g/mol. The summed E-state index contributed by atoms with van der Waals surface area (Å²) >= 11 is 0. The zero-order valence-electron chi connectivity index (χ0n) is 13.0. The fourth-order valence-electron chi connectivity index (χ4n) is 1.97. The summed E-state index contributed by atoms with van der Waals surface area (Å²) in [5, 5.41) is 3.28. The van der Waals surface area contributed by atoms with Crippen molar-refractivity contribution >= 4 is 11.6 Å². The number of nitrogens with zero attached hydrogens (tertiary/aromatic N) is 3. The van der Waals surface area contributed by atoms with E-state index in [2.05, 4.69) is 29.0 Å². The molecular formula is C15H26N4O. The maximum absolute atomic E-state index is 11.8. The number of carbonyl (C=O) groups is 1. The number of hydrogen-bond donors (Lipinski definition) is 1. The maximum atomic E-state index is 11.8. The van der Waals surface area contributed by atoms with Crippen molar-refractivity contribution in [2.75, 3.05) is 39.0 Å². The zero-order valence-corrected chi connectivity index (χ0v) is 13.0. The minimum atomic E-state index is 0.126. The summed E-state index contributed by atoms with van der Waals surface area (Å²) in [5.41, 5.74) is 2.07. The van der Waals surface area contributed by atoms with Crippen LogP contribution in [0.2, 0.25) is 0 Å². The minimum Gasteiger partial charge on any atom is -0.385 e. The topological polar surface area (TPSA) is 48.5 Å². The van der Waals surface area contributed by atoms with Crippen molar-refractivity contribution in [2.24, 2.45) is 0 Å². The van der Waals surface area contributed by atoms with Crippen LogP contribution in [0, 0.1) is 0 Å². The van der Waals surface area contributed by atoms with E-state index in [1.165, 1.54) is 0 Å². The predicted octanol–water partition coefficient (Wildman–Crippen LogP) is 1.81. The van der Waals surface area contributed by atoms with Gasteiger partial charge >= 0.3 is 0 Å². The molecule has 0 radical (unpaired) electrons. The lowest BCUT2D eigenvalue weighted by Gasteiger charge is -2.22. The van der Waals surface area contributed by atoms with E-state index in [0.717, 1.165) is 30.9 Å². The van der Waals surface area contributed by atoms with Gasteiger partial charge in [-0.1, -0.05) is 6.92 Å². The van der Waals surface area contributed by atoms with Crippen LogP contribution in [0.1, 0.15) is 26.0 Å². The maximum Gasteiger partial charge on any atom is 0.236 e. The molecule has 0 aliphatic carbocycles. The molecule has 1 amide bonds. The van der Waals surface area contributed by atoms with Gasteiger partial charge in [-0.3, -0.25) is 14.7 Å². The monoisotopic (exact) mass is 278 g/mol. The van der Waals surface area contributed by atoms with Crippen molar-refractivity contribution < 1.29 is 4.79 Å². The highest BCUT2D eigenvalue weighted by Gasteiger charge is 2.12. The Balaban J connectivity index is 2.69. The Kier molecular flexibility index (Phi) is 7.01. The molecule has 0 atom stereocenters. The Morgan fingerprint density at radius 1 is 1.35 bits per heavy atom. The fourth-order valence-corrected chi connectivity index (χ4v) is 1.97. The van der Waals surface area contributed by atoms with E-state index in [9.17, 15) is 4.79 Å². The molecule has 5 heteroatoms. The highest BCUT2D eigenvalue weighted by atomic mass is 16.2. The largest absolute Gasteiger partial charge is 0.385 e. The lowest BCUT2D eigenvalue weighted by atomic mass is 10.2. The summed E-state index contributed by atoms with van der Waals surface area (Å²) in [6.45, 7) is 7.11. The van der Waals surface area contributed by atoms with E-state index in [4.69, 9.17) is 0 Å². The van der Waals surface area contributed by atoms with E-state index in [1.54, 1.807) is 19.0 Å². The van der Waals surface area contributed by atoms with Crippen LogP contribution in [0.25, 0.3) is 0 Å². The molecule has 0 fully saturated rings. The first kappa shape index (κ1) is 16.4. The van der Waals surface area contributed by atoms with Gasteiger partial charge in [-0.25, -0.2) is 0 Å². The SMILES string of the molecule is CCCN(CC(=O)N(C)C)Cc1cc(NCC)ccn1. The van der Waals surface area contributed by atoms with Crippen molar-refractivity contribution in [3.05, 3.63) is 24.0 Å². The minimum absolute atomic E-state index is 0.126. The summed E-state index contributed by atoms with van der Waals surface area (Å²) in [6, 6.07) is 4.01. The smallest absolute Gasteiger partial charge is 0.236 e. The van der Waals surface area contributed by atoms with Gasteiger partial charge in [-0.15, -0.1) is 0 Å². The summed E-state index contributed by atoms with van der Waals surface area (Å²) in [4.78, 5) is 20.0. The van der Waals surface area contributed by atoms with Crippen LogP contribution >= 0.6 is 0 Å². The van der Waals surface area contributed by atoms with Crippen LogP contribution < -0.4 is 5.32 Å². The first-order valence-electron chi connectivity index (χ1n) is 7.18. The summed E-state index contributed by atoms with van der Waals surface area (Å²) in [6.07, 6.45) is 2.83. The van der Waals surface area contributed by atoms with Gasteiger partial charge in [0.2, 0.25) is 5.91 Å². The molecule has 112 valence electrons. The van der Waals surface area contributed by atoms with Gasteiger partial charge < -0.3 is 10.2 Å². The van der Waals surface area contributed by atoms with Crippen LogP contribution in [0.3, 0.4) is 0 Å². The van der Waals surface area contributed by atoms with Gasteiger partial charge in [0.05, 0.1) is 12.2 Å². The van der Waals surface area contributed by atoms with Crippen molar-refractivity contribution in [1.82, 2.24) is 14.8 Å². The molecule has 0 spiro atoms. The lowest BCUT2D eigenvalue weighted by molar-refractivity contribution is -0.130. The number of aromatic nitrogens is 1. The molecule has 1 aromatic rings. The number of amides is 1. The average Bonchev–Trinajstić information content (AvgIpc) is 2.39. The second kappa shape index (κ2) is 8.53. The second-order valence-electron chi connectivity index (χ2n) is 5.07. The van der Waals surface area contributed by atoms with Crippen LogP contribution in [0.15, 0.2) is 18.3 Å². The predicted molar refractivity (Wildman–Crippen MR) is 82.7 cm³/mol. The van der Waals surface area contributed by atoms with Crippen molar-refractivity contribution in [3.63, 3.8) is 0 Å². The van der Waals surface area contributed by atoms with E-state index in [1.807, 2.05) is 18.3 Å². The van der Waals surface area contributed by atoms with Crippen LogP contribution in [0.4, 0.5) is 5.69 Å². The molecule has 0 unspecified atom stereocenters. The molecule has 0 bridgehead atoms. The molecule has 1 rings (SSSR count). The zero-order chi connectivity index (χ0) is 15.0. The van der Waals surface area contributed by atoms with Gasteiger partial charge in [-0.2, -0.15) is 0 Å². The molecule has 5 nitrogen and oxygen atoms in total. The van der Waals surface area contributed by atoms with E-state index in [-0.39, 0.29) is 5.91 Å². The summed E-state index contributed by atoms with van der Waals surface area (Å²) < 4.78 is 0. The van der Waals surface area contributed by atoms with Crippen molar-refractivity contribution in [3.8, 4) is 0 Å². The molecule has 1 heterocycles. The second-order valence-corrected chi connectivity index (χ2v) is 5.07. The number of rotatable bonds is 8. The molecule has 20 heavy (non-hydrogen) atoms. The standard InChI is InChI=1S/C15H26N4O/c1-5-9-19(12-15(20)18(3)4)11-14-10-13(16-6-2)7-8-17-14/h7-8,10H,5-6,9,11-12H2,1-4H3,(H,16,17). The van der Waals surface area contributed by atoms with Crippen LogP contribution in [0.5, 0.6) is 0 Å². The van der Waals surface area contributed by atoms with Gasteiger partial charge in [0, 0.05) is 39.1 Å². The Labute approximate surface area is 122 Å². The lowest BCUT2D eigenvalue weighted by Crippen LogP contribution is -2.36. The molecule has 0 aliphatic rings. The van der Waals surface area contributed by atoms with E-state index in [0.29, 0.717) is 13.1 Å². The molecule has 1 aromatic heterocycles. The normalized spacial score (nSPS) is 10.7. The molecule has 0 saturated carbocycles. The molecule has 1 N–H and O–H groups in total. The highest BCUT2D eigenvalue weighted by Crippen LogP contribution is 2.10. The van der Waals surface area contributed by atoms with E-state index >= 15 is 0 Å². The first-order valence-corrected chi connectivity index (χ1v) is 7.18.